The van der Waals surface area contributed by atoms with Crippen LogP contribution in [0.1, 0.15) is 29.6 Å². The first-order valence-corrected chi connectivity index (χ1v) is 9.97. The lowest BCUT2D eigenvalue weighted by Gasteiger charge is -2.33. The van der Waals surface area contributed by atoms with E-state index in [1.54, 1.807) is 18.2 Å². The predicted octanol–water partition coefficient (Wildman–Crippen LogP) is 2.43. The van der Waals surface area contributed by atoms with Crippen molar-refractivity contribution in [3.05, 3.63) is 48.2 Å². The molecule has 0 aliphatic carbocycles. The minimum absolute atomic E-state index is 0.0260. The minimum atomic E-state index is -0.476. The van der Waals surface area contributed by atoms with Crippen molar-refractivity contribution < 1.29 is 14.6 Å². The quantitative estimate of drug-likeness (QED) is 0.881. The van der Waals surface area contributed by atoms with Gasteiger partial charge in [-0.15, -0.1) is 0 Å². The second-order valence-corrected chi connectivity index (χ2v) is 7.61. The maximum absolute atomic E-state index is 13.1. The Morgan fingerprint density at radius 2 is 1.93 bits per heavy atom. The Balaban J connectivity index is 1.49. The largest absolute Gasteiger partial charge is 0.481 e. The molecule has 0 bridgehead atoms. The highest BCUT2D eigenvalue weighted by molar-refractivity contribution is 5.95. The van der Waals surface area contributed by atoms with Crippen LogP contribution in [-0.4, -0.2) is 71.2 Å². The van der Waals surface area contributed by atoms with Crippen molar-refractivity contribution in [1.82, 2.24) is 14.8 Å². The number of carbonyl (C=O) groups excluding carboxylic acids is 1. The number of hydrogen-bond acceptors (Lipinski definition) is 5. The zero-order valence-electron chi connectivity index (χ0n) is 16.3. The number of ether oxygens (including phenoxy) is 1. The van der Waals surface area contributed by atoms with Crippen LogP contribution in [-0.2, 0) is 0 Å². The van der Waals surface area contributed by atoms with Crippen LogP contribution >= 0.6 is 0 Å². The molecule has 6 heteroatoms. The summed E-state index contributed by atoms with van der Waals surface area (Å²) in [4.78, 5) is 21.4. The zero-order chi connectivity index (χ0) is 19.5. The molecule has 28 heavy (non-hydrogen) atoms. The fraction of sp³-hybridized carbons (Fsp3) is 0.455. The number of methoxy groups -OCH3 is 1. The number of likely N-dealkylation sites (tertiary alicyclic amines) is 2. The number of piperidine rings is 1. The van der Waals surface area contributed by atoms with E-state index in [1.165, 1.54) is 19.3 Å². The highest BCUT2D eigenvalue weighted by Gasteiger charge is 2.38. The summed E-state index contributed by atoms with van der Waals surface area (Å²) in [6.45, 7) is 3.02. The Morgan fingerprint density at radius 3 is 2.64 bits per heavy atom. The van der Waals surface area contributed by atoms with Crippen LogP contribution in [0.5, 0.6) is 5.88 Å². The molecule has 4 rings (SSSR count). The lowest BCUT2D eigenvalue weighted by atomic mass is 10.0. The number of benzene rings is 1. The smallest absolute Gasteiger partial charge is 0.254 e. The molecular weight excluding hydrogens is 354 g/mol. The third kappa shape index (κ3) is 3.88. The molecule has 0 spiro atoms. The van der Waals surface area contributed by atoms with Crippen molar-refractivity contribution in [3.63, 3.8) is 0 Å². The van der Waals surface area contributed by atoms with Crippen molar-refractivity contribution in [1.29, 1.82) is 0 Å². The average Bonchev–Trinajstić information content (AvgIpc) is 3.15. The van der Waals surface area contributed by atoms with E-state index in [0.29, 0.717) is 24.5 Å². The molecule has 1 N–H and O–H groups in total. The molecule has 0 radical (unpaired) electrons. The fourth-order valence-electron chi connectivity index (χ4n) is 4.23. The number of nitrogens with zero attached hydrogens (tertiary/aromatic N) is 3. The third-order valence-electron chi connectivity index (χ3n) is 5.79. The number of aliphatic hydroxyl groups excluding tert-OH is 1. The lowest BCUT2D eigenvalue weighted by molar-refractivity contribution is 0.0702. The van der Waals surface area contributed by atoms with Gasteiger partial charge in [0.15, 0.2) is 0 Å². The van der Waals surface area contributed by atoms with Crippen LogP contribution in [0.15, 0.2) is 42.6 Å². The van der Waals surface area contributed by atoms with Gasteiger partial charge in [-0.1, -0.05) is 18.6 Å². The molecule has 148 valence electrons. The molecule has 3 heterocycles. The molecule has 2 aliphatic rings. The van der Waals surface area contributed by atoms with Gasteiger partial charge in [-0.2, -0.15) is 0 Å². The first-order chi connectivity index (χ1) is 13.7. The highest BCUT2D eigenvalue weighted by atomic mass is 16.5. The van der Waals surface area contributed by atoms with Gasteiger partial charge in [0.25, 0.3) is 5.91 Å². The Bertz CT molecular complexity index is 818. The standard InChI is InChI=1S/C22H27N3O3/c1-28-21-9-8-18(13-23-21)16-6-5-7-17(12-16)22(27)25-14-19(20(26)15-25)24-10-3-2-4-11-24/h5-9,12-13,19-20,26H,2-4,10-11,14-15H2,1H3/t19-,20-/m0/s1. The molecule has 2 aliphatic heterocycles. The maximum Gasteiger partial charge on any atom is 0.254 e. The van der Waals surface area contributed by atoms with Gasteiger partial charge < -0.3 is 14.7 Å². The molecule has 0 unspecified atom stereocenters. The number of hydrogen-bond donors (Lipinski definition) is 1. The van der Waals surface area contributed by atoms with E-state index in [2.05, 4.69) is 9.88 Å². The summed E-state index contributed by atoms with van der Waals surface area (Å²) in [7, 11) is 1.59. The second kappa shape index (κ2) is 8.29. The molecule has 2 saturated heterocycles. The van der Waals surface area contributed by atoms with E-state index in [9.17, 15) is 9.90 Å². The molecule has 1 amide bonds. The summed E-state index contributed by atoms with van der Waals surface area (Å²) < 4.78 is 5.11. The van der Waals surface area contributed by atoms with Crippen molar-refractivity contribution in [3.8, 4) is 17.0 Å². The molecule has 0 saturated carbocycles. The molecule has 1 aromatic heterocycles. The normalized spacial score (nSPS) is 23.0. The monoisotopic (exact) mass is 381 g/mol. The van der Waals surface area contributed by atoms with Gasteiger partial charge >= 0.3 is 0 Å². The molecule has 6 nitrogen and oxygen atoms in total. The van der Waals surface area contributed by atoms with Crippen LogP contribution in [0.4, 0.5) is 0 Å². The Labute approximate surface area is 165 Å². The zero-order valence-corrected chi connectivity index (χ0v) is 16.3. The number of pyridine rings is 1. The maximum atomic E-state index is 13.1. The second-order valence-electron chi connectivity index (χ2n) is 7.61. The topological polar surface area (TPSA) is 65.9 Å². The van der Waals surface area contributed by atoms with Crippen molar-refractivity contribution in [2.45, 2.75) is 31.4 Å². The first-order valence-electron chi connectivity index (χ1n) is 9.97. The Hall–Kier alpha value is -2.44. The van der Waals surface area contributed by atoms with Gasteiger partial charge in [0.05, 0.1) is 19.3 Å². The van der Waals surface area contributed by atoms with Gasteiger partial charge in [0, 0.05) is 36.5 Å². The van der Waals surface area contributed by atoms with Crippen LogP contribution in [0.3, 0.4) is 0 Å². The predicted molar refractivity (Wildman–Crippen MR) is 107 cm³/mol. The number of carbonyl (C=O) groups is 1. The van der Waals surface area contributed by atoms with Crippen LogP contribution < -0.4 is 4.74 Å². The summed E-state index contributed by atoms with van der Waals surface area (Å²) >= 11 is 0. The van der Waals surface area contributed by atoms with E-state index in [4.69, 9.17) is 4.74 Å². The molecule has 1 aromatic carbocycles. The van der Waals surface area contributed by atoms with Crippen LogP contribution in [0, 0.1) is 0 Å². The van der Waals surface area contributed by atoms with Gasteiger partial charge in [-0.25, -0.2) is 4.98 Å². The molecule has 2 aromatic rings. The Morgan fingerprint density at radius 1 is 1.11 bits per heavy atom. The highest BCUT2D eigenvalue weighted by Crippen LogP contribution is 2.25. The number of aliphatic hydroxyl groups is 1. The number of amides is 1. The minimum Gasteiger partial charge on any atom is -0.481 e. The van der Waals surface area contributed by atoms with Crippen molar-refractivity contribution in [2.24, 2.45) is 0 Å². The summed E-state index contributed by atoms with van der Waals surface area (Å²) in [6.07, 6.45) is 4.88. The average molecular weight is 381 g/mol. The number of aromatic nitrogens is 1. The van der Waals surface area contributed by atoms with Gasteiger partial charge in [0.2, 0.25) is 5.88 Å². The molecule has 2 fully saturated rings. The van der Waals surface area contributed by atoms with Gasteiger partial charge in [-0.3, -0.25) is 9.69 Å². The summed E-state index contributed by atoms with van der Waals surface area (Å²) in [6, 6.07) is 11.4. The van der Waals surface area contributed by atoms with Gasteiger partial charge in [-0.05, 0) is 49.7 Å². The van der Waals surface area contributed by atoms with E-state index in [-0.39, 0.29) is 11.9 Å². The van der Waals surface area contributed by atoms with E-state index in [1.807, 2.05) is 36.4 Å². The van der Waals surface area contributed by atoms with Crippen molar-refractivity contribution >= 4 is 5.91 Å². The third-order valence-corrected chi connectivity index (χ3v) is 5.79. The summed E-state index contributed by atoms with van der Waals surface area (Å²) in [5.74, 6) is 0.535. The SMILES string of the molecule is COc1ccc(-c2cccc(C(=O)N3C[C@H](O)[C@@H](N4CCCCC4)C3)c2)cn1. The van der Waals surface area contributed by atoms with E-state index < -0.39 is 6.10 Å². The van der Waals surface area contributed by atoms with Gasteiger partial charge in [0.1, 0.15) is 0 Å². The fourth-order valence-corrected chi connectivity index (χ4v) is 4.23. The summed E-state index contributed by atoms with van der Waals surface area (Å²) in [5.41, 5.74) is 2.51. The Kier molecular flexibility index (Phi) is 5.59. The number of β-amino-alcohol motifs (C(OH)–C–C–N with tert-alkyl or cyclic N) is 1. The molecular formula is C22H27N3O3. The first kappa shape index (κ1) is 18.9. The lowest BCUT2D eigenvalue weighted by Crippen LogP contribution is -2.46. The van der Waals surface area contributed by atoms with Crippen molar-refractivity contribution in [2.75, 3.05) is 33.3 Å². The van der Waals surface area contributed by atoms with E-state index >= 15 is 0 Å². The van der Waals surface area contributed by atoms with E-state index in [0.717, 1.165) is 24.2 Å². The summed E-state index contributed by atoms with van der Waals surface area (Å²) in [5, 5.41) is 10.5. The molecule has 2 atom stereocenters. The van der Waals surface area contributed by atoms with Crippen LogP contribution in [0.2, 0.25) is 0 Å². The van der Waals surface area contributed by atoms with Crippen LogP contribution in [0.25, 0.3) is 11.1 Å². The number of rotatable bonds is 4.